The lowest BCUT2D eigenvalue weighted by Crippen LogP contribution is -2.30. The molecule has 1 N–H and O–H groups in total. The minimum absolute atomic E-state index is 0.0508. The van der Waals surface area contributed by atoms with Crippen LogP contribution in [0.2, 0.25) is 5.02 Å². The number of benzene rings is 2. The molecule has 0 spiro atoms. The van der Waals surface area contributed by atoms with E-state index in [2.05, 4.69) is 5.32 Å². The maximum atomic E-state index is 13.6. The SMILES string of the molecule is C[C@H](OC(=O)Cc1c(F)cccc1Cl)C(=O)Nc1ccccc1. The third-order valence-corrected chi connectivity index (χ3v) is 3.46. The number of carbonyl (C=O) groups excluding carboxylic acids is 2. The lowest BCUT2D eigenvalue weighted by Gasteiger charge is -2.14. The quantitative estimate of drug-likeness (QED) is 0.849. The molecule has 0 bridgehead atoms. The van der Waals surface area contributed by atoms with Crippen molar-refractivity contribution in [1.29, 1.82) is 0 Å². The first-order chi connectivity index (χ1) is 11.0. The van der Waals surface area contributed by atoms with Gasteiger partial charge in [0.15, 0.2) is 6.10 Å². The molecule has 0 fully saturated rings. The van der Waals surface area contributed by atoms with Crippen LogP contribution in [0.1, 0.15) is 12.5 Å². The Morgan fingerprint density at radius 1 is 1.17 bits per heavy atom. The zero-order chi connectivity index (χ0) is 16.8. The molecule has 0 aromatic heterocycles. The number of halogens is 2. The van der Waals surface area contributed by atoms with E-state index >= 15 is 0 Å². The van der Waals surface area contributed by atoms with Gasteiger partial charge in [-0.3, -0.25) is 9.59 Å². The number of nitrogens with one attached hydrogen (secondary N) is 1. The van der Waals surface area contributed by atoms with E-state index in [9.17, 15) is 14.0 Å². The van der Waals surface area contributed by atoms with Gasteiger partial charge in [0.1, 0.15) is 5.82 Å². The van der Waals surface area contributed by atoms with E-state index in [1.807, 2.05) is 6.07 Å². The first-order valence-electron chi connectivity index (χ1n) is 6.95. The molecule has 23 heavy (non-hydrogen) atoms. The average molecular weight is 336 g/mol. The number of amides is 1. The van der Waals surface area contributed by atoms with Crippen molar-refractivity contribution in [3.05, 3.63) is 64.9 Å². The maximum Gasteiger partial charge on any atom is 0.311 e. The Labute approximate surface area is 138 Å². The number of carbonyl (C=O) groups is 2. The maximum absolute atomic E-state index is 13.6. The second-order valence-corrected chi connectivity index (χ2v) is 5.27. The molecule has 1 atom stereocenters. The molecule has 0 aliphatic rings. The predicted octanol–water partition coefficient (Wildman–Crippen LogP) is 3.59. The molecule has 4 nitrogen and oxygen atoms in total. The van der Waals surface area contributed by atoms with Crippen molar-refractivity contribution in [3.63, 3.8) is 0 Å². The molecule has 2 rings (SSSR count). The predicted molar refractivity (Wildman–Crippen MR) is 85.7 cm³/mol. The van der Waals surface area contributed by atoms with Gasteiger partial charge in [-0.15, -0.1) is 0 Å². The van der Waals surface area contributed by atoms with E-state index in [1.54, 1.807) is 24.3 Å². The summed E-state index contributed by atoms with van der Waals surface area (Å²) in [5, 5.41) is 2.76. The number of rotatable bonds is 5. The Morgan fingerprint density at radius 3 is 2.52 bits per heavy atom. The van der Waals surface area contributed by atoms with Gasteiger partial charge < -0.3 is 10.1 Å². The first-order valence-corrected chi connectivity index (χ1v) is 7.33. The second kappa shape index (κ2) is 7.74. The van der Waals surface area contributed by atoms with Gasteiger partial charge in [0, 0.05) is 16.3 Å². The fourth-order valence-electron chi connectivity index (χ4n) is 1.90. The summed E-state index contributed by atoms with van der Waals surface area (Å²) in [7, 11) is 0. The molecule has 1 amide bonds. The van der Waals surface area contributed by atoms with Crippen molar-refractivity contribution in [2.75, 3.05) is 5.32 Å². The fourth-order valence-corrected chi connectivity index (χ4v) is 2.13. The molecule has 2 aromatic rings. The van der Waals surface area contributed by atoms with Crippen LogP contribution < -0.4 is 5.32 Å². The van der Waals surface area contributed by atoms with Crippen LogP contribution in [-0.4, -0.2) is 18.0 Å². The fraction of sp³-hybridized carbons (Fsp3) is 0.176. The van der Waals surface area contributed by atoms with E-state index in [0.717, 1.165) is 0 Å². The van der Waals surface area contributed by atoms with Crippen molar-refractivity contribution in [2.45, 2.75) is 19.4 Å². The second-order valence-electron chi connectivity index (χ2n) is 4.86. The van der Waals surface area contributed by atoms with Crippen LogP contribution in [0.25, 0.3) is 0 Å². The number of hydrogen-bond donors (Lipinski definition) is 1. The molecule has 0 saturated carbocycles. The van der Waals surface area contributed by atoms with Crippen LogP contribution >= 0.6 is 11.6 Å². The molecular formula is C17H15ClFNO3. The monoisotopic (exact) mass is 335 g/mol. The van der Waals surface area contributed by atoms with Gasteiger partial charge in [-0.25, -0.2) is 4.39 Å². The number of ether oxygens (including phenoxy) is 1. The molecule has 0 radical (unpaired) electrons. The molecule has 0 saturated heterocycles. The normalized spacial score (nSPS) is 11.6. The van der Waals surface area contributed by atoms with Crippen LogP contribution in [0.4, 0.5) is 10.1 Å². The van der Waals surface area contributed by atoms with Gasteiger partial charge in [0.25, 0.3) is 5.91 Å². The van der Waals surface area contributed by atoms with E-state index in [0.29, 0.717) is 5.69 Å². The highest BCUT2D eigenvalue weighted by Crippen LogP contribution is 2.20. The molecule has 0 unspecified atom stereocenters. The minimum Gasteiger partial charge on any atom is -0.452 e. The van der Waals surface area contributed by atoms with Crippen molar-refractivity contribution < 1.29 is 18.7 Å². The molecule has 0 aliphatic heterocycles. The molecule has 2 aromatic carbocycles. The van der Waals surface area contributed by atoms with Crippen molar-refractivity contribution >= 4 is 29.2 Å². The van der Waals surface area contributed by atoms with Gasteiger partial charge in [0.05, 0.1) is 6.42 Å². The number of para-hydroxylation sites is 1. The van der Waals surface area contributed by atoms with Gasteiger partial charge in [-0.2, -0.15) is 0 Å². The minimum atomic E-state index is -1.01. The van der Waals surface area contributed by atoms with Crippen LogP contribution in [0.3, 0.4) is 0 Å². The summed E-state index contributed by atoms with van der Waals surface area (Å²) in [6, 6.07) is 12.9. The topological polar surface area (TPSA) is 55.4 Å². The van der Waals surface area contributed by atoms with Crippen LogP contribution in [0.15, 0.2) is 48.5 Å². The summed E-state index contributed by atoms with van der Waals surface area (Å²) in [5.74, 6) is -1.78. The summed E-state index contributed by atoms with van der Waals surface area (Å²) < 4.78 is 18.6. The van der Waals surface area contributed by atoms with Crippen molar-refractivity contribution in [1.82, 2.24) is 0 Å². The molecule has 120 valence electrons. The summed E-state index contributed by atoms with van der Waals surface area (Å²) in [6.45, 7) is 1.44. The van der Waals surface area contributed by atoms with Crippen molar-refractivity contribution in [2.24, 2.45) is 0 Å². The standard InChI is InChI=1S/C17H15ClFNO3/c1-11(17(22)20-12-6-3-2-4-7-12)23-16(21)10-13-14(18)8-5-9-15(13)19/h2-9,11H,10H2,1H3,(H,20,22)/t11-/m0/s1. The van der Waals surface area contributed by atoms with E-state index in [-0.39, 0.29) is 17.0 Å². The Kier molecular flexibility index (Phi) is 5.71. The van der Waals surface area contributed by atoms with Crippen molar-refractivity contribution in [3.8, 4) is 0 Å². The highest BCUT2D eigenvalue weighted by atomic mass is 35.5. The van der Waals surface area contributed by atoms with E-state index in [4.69, 9.17) is 16.3 Å². The summed E-state index contributed by atoms with van der Waals surface area (Å²) in [6.07, 6.45) is -1.35. The molecule has 6 heteroatoms. The van der Waals surface area contributed by atoms with Gasteiger partial charge in [0.2, 0.25) is 0 Å². The van der Waals surface area contributed by atoms with E-state index in [1.165, 1.54) is 25.1 Å². The van der Waals surface area contributed by atoms with Gasteiger partial charge in [-0.05, 0) is 31.2 Å². The summed E-state index contributed by atoms with van der Waals surface area (Å²) >= 11 is 5.85. The molecule has 0 aliphatic carbocycles. The van der Waals surface area contributed by atoms with E-state index < -0.39 is 23.8 Å². The molecule has 0 heterocycles. The summed E-state index contributed by atoms with van der Waals surface area (Å²) in [4.78, 5) is 23.8. The smallest absolute Gasteiger partial charge is 0.311 e. The Hall–Kier alpha value is -2.40. The highest BCUT2D eigenvalue weighted by Gasteiger charge is 2.20. The number of anilines is 1. The van der Waals surface area contributed by atoms with Crippen LogP contribution in [0.5, 0.6) is 0 Å². The largest absolute Gasteiger partial charge is 0.452 e. The Morgan fingerprint density at radius 2 is 1.87 bits per heavy atom. The molecular weight excluding hydrogens is 321 g/mol. The summed E-state index contributed by atoms with van der Waals surface area (Å²) in [5.41, 5.74) is 0.646. The number of esters is 1. The third-order valence-electron chi connectivity index (χ3n) is 3.10. The zero-order valence-electron chi connectivity index (χ0n) is 12.4. The zero-order valence-corrected chi connectivity index (χ0v) is 13.1. The average Bonchev–Trinajstić information content (AvgIpc) is 2.52. The van der Waals surface area contributed by atoms with Gasteiger partial charge >= 0.3 is 5.97 Å². The van der Waals surface area contributed by atoms with Crippen LogP contribution in [0, 0.1) is 5.82 Å². The number of hydrogen-bond acceptors (Lipinski definition) is 3. The lowest BCUT2D eigenvalue weighted by atomic mass is 10.1. The Balaban J connectivity index is 1.93. The Bertz CT molecular complexity index is 686. The first kappa shape index (κ1) is 17.0. The van der Waals surface area contributed by atoms with Crippen LogP contribution in [-0.2, 0) is 20.7 Å². The highest BCUT2D eigenvalue weighted by molar-refractivity contribution is 6.31. The van der Waals surface area contributed by atoms with Gasteiger partial charge in [-0.1, -0.05) is 35.9 Å². The lowest BCUT2D eigenvalue weighted by molar-refractivity contribution is -0.152. The third kappa shape index (κ3) is 4.79.